The highest BCUT2D eigenvalue weighted by Crippen LogP contribution is 2.27. The Morgan fingerprint density at radius 2 is 1.84 bits per heavy atom. The van der Waals surface area contributed by atoms with Gasteiger partial charge in [-0.1, -0.05) is 80.9 Å². The van der Waals surface area contributed by atoms with Crippen LogP contribution >= 0.6 is 0 Å². The fraction of sp³-hybridized carbons (Fsp3) is 0.333. The molecule has 100 valence electrons. The summed E-state index contributed by atoms with van der Waals surface area (Å²) in [6.07, 6.45) is 6.95. The molecule has 0 atom stereocenters. The van der Waals surface area contributed by atoms with Crippen LogP contribution in [0.2, 0.25) is 12.1 Å². The molecule has 0 amide bonds. The zero-order valence-electron chi connectivity index (χ0n) is 12.2. The van der Waals surface area contributed by atoms with Crippen molar-refractivity contribution in [3.05, 3.63) is 53.6 Å². The molecular formula is C18H24Si. The van der Waals surface area contributed by atoms with E-state index in [1.54, 1.807) is 6.04 Å². The lowest BCUT2D eigenvalue weighted by Crippen LogP contribution is -1.91. The van der Waals surface area contributed by atoms with Crippen molar-refractivity contribution >= 4 is 26.4 Å². The van der Waals surface area contributed by atoms with Crippen LogP contribution in [0.1, 0.15) is 31.4 Å². The Balaban J connectivity index is 0.000000192. The Morgan fingerprint density at radius 1 is 1.05 bits per heavy atom. The van der Waals surface area contributed by atoms with Crippen LogP contribution in [0.25, 0.3) is 16.8 Å². The lowest BCUT2D eigenvalue weighted by molar-refractivity contribution is 1.07. The summed E-state index contributed by atoms with van der Waals surface area (Å²) >= 11 is 0. The number of allylic oxidation sites excluding steroid dienone is 1. The first-order valence-electron chi connectivity index (χ1n) is 7.54. The third kappa shape index (κ3) is 3.57. The summed E-state index contributed by atoms with van der Waals surface area (Å²) in [6, 6.07) is 16.1. The molecule has 1 heteroatoms. The third-order valence-corrected chi connectivity index (χ3v) is 5.53. The van der Waals surface area contributed by atoms with Gasteiger partial charge >= 0.3 is 0 Å². The molecule has 2 aromatic carbocycles. The van der Waals surface area contributed by atoms with Crippen molar-refractivity contribution in [3.8, 4) is 0 Å². The van der Waals surface area contributed by atoms with E-state index < -0.39 is 0 Å². The predicted molar refractivity (Wildman–Crippen MR) is 90.8 cm³/mol. The fourth-order valence-corrected chi connectivity index (χ4v) is 3.57. The van der Waals surface area contributed by atoms with Gasteiger partial charge in [0.15, 0.2) is 0 Å². The molecule has 0 fully saturated rings. The van der Waals surface area contributed by atoms with E-state index in [-0.39, 0.29) is 0 Å². The van der Waals surface area contributed by atoms with Gasteiger partial charge in [-0.15, -0.1) is 0 Å². The molecule has 2 aromatic rings. The fourth-order valence-electron chi connectivity index (χ4n) is 2.57. The van der Waals surface area contributed by atoms with Crippen molar-refractivity contribution < 1.29 is 0 Å². The van der Waals surface area contributed by atoms with E-state index in [1.165, 1.54) is 34.4 Å². The molecule has 0 aromatic heterocycles. The van der Waals surface area contributed by atoms with Gasteiger partial charge in [-0.25, -0.2) is 0 Å². The standard InChI is InChI=1S/C13H10.C5H14Si/c1-4-10-6-2-8-12-9-3-7-11(5-1)13(10)12;1-3-5-6-4-2/h1-8H,9H2;3-6H2,1-2H3. The first-order valence-corrected chi connectivity index (χ1v) is 9.54. The SMILES string of the molecule is C1=Cc2cccc3cccc(c23)C1.CCC[SiH2]CC. The Labute approximate surface area is 119 Å². The van der Waals surface area contributed by atoms with Crippen LogP contribution in [0, 0.1) is 0 Å². The molecule has 0 N–H and O–H groups in total. The third-order valence-electron chi connectivity index (χ3n) is 3.62. The molecule has 0 saturated carbocycles. The first kappa shape index (κ1) is 14.1. The molecule has 0 nitrogen and oxygen atoms in total. The Bertz CT molecular complexity index is 545. The highest BCUT2D eigenvalue weighted by Gasteiger charge is 2.06. The second-order valence-electron chi connectivity index (χ2n) is 5.18. The summed E-state index contributed by atoms with van der Waals surface area (Å²) in [5.74, 6) is 0. The van der Waals surface area contributed by atoms with E-state index in [0.717, 1.165) is 6.42 Å². The maximum absolute atomic E-state index is 2.29. The largest absolute Gasteiger partial charge is 0.0795 e. The number of hydrogen-bond donors (Lipinski definition) is 0. The van der Waals surface area contributed by atoms with Crippen molar-refractivity contribution in [2.75, 3.05) is 0 Å². The molecule has 0 bridgehead atoms. The molecule has 1 aliphatic carbocycles. The Morgan fingerprint density at radius 3 is 2.53 bits per heavy atom. The smallest absolute Gasteiger partial charge is 0.0195 e. The second kappa shape index (κ2) is 7.30. The van der Waals surface area contributed by atoms with Gasteiger partial charge in [0.1, 0.15) is 0 Å². The van der Waals surface area contributed by atoms with Crippen LogP contribution in [0.4, 0.5) is 0 Å². The molecule has 0 unspecified atom stereocenters. The lowest BCUT2D eigenvalue weighted by Gasteiger charge is -2.11. The van der Waals surface area contributed by atoms with Crippen LogP contribution < -0.4 is 0 Å². The summed E-state index contributed by atoms with van der Waals surface area (Å²) < 4.78 is 0. The van der Waals surface area contributed by atoms with Crippen molar-refractivity contribution in [2.24, 2.45) is 0 Å². The Kier molecular flexibility index (Phi) is 5.40. The van der Waals surface area contributed by atoms with E-state index in [0.29, 0.717) is 9.52 Å². The molecule has 0 radical (unpaired) electrons. The number of benzene rings is 2. The number of rotatable bonds is 3. The van der Waals surface area contributed by atoms with Gasteiger partial charge < -0.3 is 0 Å². The van der Waals surface area contributed by atoms with Gasteiger partial charge in [0.05, 0.1) is 0 Å². The molecule has 0 aliphatic heterocycles. The van der Waals surface area contributed by atoms with E-state index >= 15 is 0 Å². The van der Waals surface area contributed by atoms with Gasteiger partial charge in [-0.2, -0.15) is 0 Å². The summed E-state index contributed by atoms with van der Waals surface area (Å²) in [4.78, 5) is 0. The van der Waals surface area contributed by atoms with Crippen LogP contribution in [-0.4, -0.2) is 9.52 Å². The summed E-state index contributed by atoms with van der Waals surface area (Å²) in [6.45, 7) is 4.56. The van der Waals surface area contributed by atoms with Crippen molar-refractivity contribution in [1.82, 2.24) is 0 Å². The molecule has 1 aliphatic rings. The average Bonchev–Trinajstić information content (AvgIpc) is 2.47. The van der Waals surface area contributed by atoms with Crippen molar-refractivity contribution in [3.63, 3.8) is 0 Å². The van der Waals surface area contributed by atoms with Crippen molar-refractivity contribution in [1.29, 1.82) is 0 Å². The van der Waals surface area contributed by atoms with Gasteiger partial charge in [0.25, 0.3) is 0 Å². The molecule has 0 spiro atoms. The lowest BCUT2D eigenvalue weighted by atomic mass is 9.93. The van der Waals surface area contributed by atoms with Gasteiger partial charge in [-0.3, -0.25) is 0 Å². The van der Waals surface area contributed by atoms with Crippen LogP contribution in [0.3, 0.4) is 0 Å². The molecule has 0 saturated heterocycles. The van der Waals surface area contributed by atoms with Crippen LogP contribution in [-0.2, 0) is 6.42 Å². The van der Waals surface area contributed by atoms with Crippen molar-refractivity contribution in [2.45, 2.75) is 38.8 Å². The predicted octanol–water partition coefficient (Wildman–Crippen LogP) is 4.83. The minimum absolute atomic E-state index is 0.422. The maximum Gasteiger partial charge on any atom is 0.0195 e. The molecule has 19 heavy (non-hydrogen) atoms. The number of hydrogen-bond acceptors (Lipinski definition) is 0. The molecular weight excluding hydrogens is 244 g/mol. The van der Waals surface area contributed by atoms with Gasteiger partial charge in [-0.05, 0) is 28.3 Å². The quantitative estimate of drug-likeness (QED) is 0.552. The normalized spacial score (nSPS) is 12.7. The summed E-state index contributed by atoms with van der Waals surface area (Å²) in [5.41, 5.74) is 2.81. The van der Waals surface area contributed by atoms with E-state index in [4.69, 9.17) is 0 Å². The van der Waals surface area contributed by atoms with E-state index in [1.807, 2.05) is 0 Å². The zero-order valence-corrected chi connectivity index (χ0v) is 13.6. The average molecular weight is 268 g/mol. The second-order valence-corrected chi connectivity index (χ2v) is 7.59. The summed E-state index contributed by atoms with van der Waals surface area (Å²) in [7, 11) is 0.422. The summed E-state index contributed by atoms with van der Waals surface area (Å²) in [5, 5.41) is 2.80. The van der Waals surface area contributed by atoms with Gasteiger partial charge in [0.2, 0.25) is 0 Å². The highest BCUT2D eigenvalue weighted by atomic mass is 28.2. The minimum atomic E-state index is 0.422. The monoisotopic (exact) mass is 268 g/mol. The first-order chi connectivity index (χ1) is 9.36. The highest BCUT2D eigenvalue weighted by molar-refractivity contribution is 6.35. The van der Waals surface area contributed by atoms with Gasteiger partial charge in [0, 0.05) is 9.52 Å². The molecule has 0 heterocycles. The zero-order chi connectivity index (χ0) is 13.5. The maximum atomic E-state index is 2.29. The van der Waals surface area contributed by atoms with E-state index in [2.05, 4.69) is 62.4 Å². The topological polar surface area (TPSA) is 0 Å². The molecule has 3 rings (SSSR count). The van der Waals surface area contributed by atoms with Crippen LogP contribution in [0.5, 0.6) is 0 Å². The Hall–Kier alpha value is -1.34. The minimum Gasteiger partial charge on any atom is -0.0795 e. The van der Waals surface area contributed by atoms with E-state index in [9.17, 15) is 0 Å². The van der Waals surface area contributed by atoms with Crippen LogP contribution in [0.15, 0.2) is 42.5 Å².